The molecule has 1 unspecified atom stereocenters. The van der Waals surface area contributed by atoms with Crippen LogP contribution in [0.4, 0.5) is 13.2 Å². The minimum absolute atomic E-state index is 0.00586. The van der Waals surface area contributed by atoms with Crippen LogP contribution in [0.5, 0.6) is 11.5 Å². The SMILES string of the molecule is CCO[C@@H](CC(=O)OC)c1ccc(OC2COc3c2cccc3C(F)(F)F)cc1. The van der Waals surface area contributed by atoms with Crippen LogP contribution in [0.1, 0.15) is 42.2 Å². The van der Waals surface area contributed by atoms with Crippen LogP contribution in [0.2, 0.25) is 0 Å². The number of carbonyl (C=O) groups is 1. The maximum atomic E-state index is 13.1. The molecule has 1 aliphatic rings. The molecule has 0 bridgehead atoms. The number of esters is 1. The Kier molecular flexibility index (Phi) is 6.32. The summed E-state index contributed by atoms with van der Waals surface area (Å²) >= 11 is 0. The number of carbonyl (C=O) groups excluding carboxylic acids is 1. The number of fused-ring (bicyclic) bond motifs is 1. The lowest BCUT2D eigenvalue weighted by molar-refractivity contribution is -0.144. The van der Waals surface area contributed by atoms with Crippen molar-refractivity contribution in [3.05, 3.63) is 59.2 Å². The summed E-state index contributed by atoms with van der Waals surface area (Å²) in [7, 11) is 1.31. The van der Waals surface area contributed by atoms with E-state index in [1.54, 1.807) is 30.3 Å². The van der Waals surface area contributed by atoms with Crippen molar-refractivity contribution in [2.24, 2.45) is 0 Å². The molecule has 0 saturated heterocycles. The van der Waals surface area contributed by atoms with Gasteiger partial charge in [-0.1, -0.05) is 24.3 Å². The minimum Gasteiger partial charge on any atom is -0.488 e. The van der Waals surface area contributed by atoms with Gasteiger partial charge in [-0.25, -0.2) is 0 Å². The number of benzene rings is 2. The Morgan fingerprint density at radius 1 is 1.21 bits per heavy atom. The number of hydrogen-bond acceptors (Lipinski definition) is 5. The summed E-state index contributed by atoms with van der Waals surface area (Å²) in [6, 6.07) is 10.8. The van der Waals surface area contributed by atoms with Crippen LogP contribution < -0.4 is 9.47 Å². The lowest BCUT2D eigenvalue weighted by Gasteiger charge is -2.18. The highest BCUT2D eigenvalue weighted by Crippen LogP contribution is 2.44. The molecule has 0 aromatic heterocycles. The Hall–Kier alpha value is -2.74. The Balaban J connectivity index is 1.74. The van der Waals surface area contributed by atoms with Gasteiger partial charge in [0.25, 0.3) is 0 Å². The van der Waals surface area contributed by atoms with E-state index in [2.05, 4.69) is 0 Å². The highest BCUT2D eigenvalue weighted by molar-refractivity contribution is 5.70. The molecule has 0 saturated carbocycles. The fourth-order valence-electron chi connectivity index (χ4n) is 3.17. The number of rotatable bonds is 7. The molecule has 1 aliphatic heterocycles. The Morgan fingerprint density at radius 2 is 1.93 bits per heavy atom. The van der Waals surface area contributed by atoms with Crippen molar-refractivity contribution in [2.75, 3.05) is 20.3 Å². The molecule has 2 atom stereocenters. The van der Waals surface area contributed by atoms with E-state index in [9.17, 15) is 18.0 Å². The summed E-state index contributed by atoms with van der Waals surface area (Å²) in [4.78, 5) is 11.6. The topological polar surface area (TPSA) is 54.0 Å². The fraction of sp³-hybridized carbons (Fsp3) is 0.381. The normalized spacial score (nSPS) is 16.7. The molecule has 0 amide bonds. The first-order chi connectivity index (χ1) is 13.8. The molecule has 29 heavy (non-hydrogen) atoms. The van der Waals surface area contributed by atoms with Crippen molar-refractivity contribution in [3.8, 4) is 11.5 Å². The molecule has 156 valence electrons. The van der Waals surface area contributed by atoms with Crippen LogP contribution in [0.25, 0.3) is 0 Å². The zero-order valence-corrected chi connectivity index (χ0v) is 16.0. The summed E-state index contributed by atoms with van der Waals surface area (Å²) in [5.74, 6) is -0.0963. The quantitative estimate of drug-likeness (QED) is 0.611. The summed E-state index contributed by atoms with van der Waals surface area (Å²) in [6.07, 6.45) is -5.51. The number of methoxy groups -OCH3 is 1. The lowest BCUT2D eigenvalue weighted by Crippen LogP contribution is -2.12. The highest BCUT2D eigenvalue weighted by atomic mass is 19.4. The number of alkyl halides is 3. The van der Waals surface area contributed by atoms with E-state index in [0.717, 1.165) is 11.6 Å². The van der Waals surface area contributed by atoms with Gasteiger partial charge in [0.05, 0.1) is 25.2 Å². The van der Waals surface area contributed by atoms with Gasteiger partial charge in [-0.3, -0.25) is 4.79 Å². The molecule has 8 heteroatoms. The van der Waals surface area contributed by atoms with Gasteiger partial charge in [0, 0.05) is 12.2 Å². The van der Waals surface area contributed by atoms with Crippen molar-refractivity contribution >= 4 is 5.97 Å². The van der Waals surface area contributed by atoms with E-state index in [4.69, 9.17) is 18.9 Å². The standard InChI is InChI=1S/C21H21F3O5/c1-3-27-17(11-19(25)26-2)13-7-9-14(10-8-13)29-18-12-28-20-15(18)5-4-6-16(20)21(22,23)24/h4-10,17-18H,3,11-12H2,1-2H3/t17-,18?/m0/s1. The number of para-hydroxylation sites is 1. The summed E-state index contributed by atoms with van der Waals surface area (Å²) in [5, 5.41) is 0. The molecule has 5 nitrogen and oxygen atoms in total. The van der Waals surface area contributed by atoms with E-state index >= 15 is 0 Å². The van der Waals surface area contributed by atoms with Crippen LogP contribution in [-0.4, -0.2) is 26.3 Å². The van der Waals surface area contributed by atoms with Crippen LogP contribution >= 0.6 is 0 Å². The van der Waals surface area contributed by atoms with Crippen LogP contribution in [-0.2, 0) is 20.4 Å². The van der Waals surface area contributed by atoms with E-state index < -0.39 is 23.9 Å². The molecule has 2 aromatic carbocycles. The zero-order valence-electron chi connectivity index (χ0n) is 16.0. The van der Waals surface area contributed by atoms with Gasteiger partial charge in [0.2, 0.25) is 0 Å². The van der Waals surface area contributed by atoms with Gasteiger partial charge in [-0.05, 0) is 30.7 Å². The summed E-state index contributed by atoms with van der Waals surface area (Å²) < 4.78 is 60.8. The molecule has 2 aromatic rings. The summed E-state index contributed by atoms with van der Waals surface area (Å²) in [5.41, 5.74) is 0.327. The van der Waals surface area contributed by atoms with E-state index in [1.165, 1.54) is 13.2 Å². The predicted molar refractivity (Wildman–Crippen MR) is 97.8 cm³/mol. The summed E-state index contributed by atoms with van der Waals surface area (Å²) in [6.45, 7) is 2.25. The van der Waals surface area contributed by atoms with Gasteiger partial charge in [0.1, 0.15) is 18.1 Å². The molecule has 0 N–H and O–H groups in total. The van der Waals surface area contributed by atoms with Gasteiger partial charge in [-0.2, -0.15) is 13.2 Å². The van der Waals surface area contributed by atoms with E-state index in [1.807, 2.05) is 6.92 Å². The second-order valence-corrected chi connectivity index (χ2v) is 6.43. The first-order valence-corrected chi connectivity index (χ1v) is 9.11. The number of ether oxygens (including phenoxy) is 4. The van der Waals surface area contributed by atoms with Crippen molar-refractivity contribution < 1.29 is 36.9 Å². The number of halogens is 3. The molecular formula is C21H21F3O5. The monoisotopic (exact) mass is 410 g/mol. The largest absolute Gasteiger partial charge is 0.488 e. The van der Waals surface area contributed by atoms with Crippen molar-refractivity contribution in [3.63, 3.8) is 0 Å². The van der Waals surface area contributed by atoms with Crippen LogP contribution in [0.15, 0.2) is 42.5 Å². The first kappa shape index (κ1) is 21.0. The average Bonchev–Trinajstić information content (AvgIpc) is 3.10. The van der Waals surface area contributed by atoms with Crippen molar-refractivity contribution in [1.82, 2.24) is 0 Å². The van der Waals surface area contributed by atoms with Gasteiger partial charge >= 0.3 is 12.1 Å². The Labute approximate surface area is 166 Å². The van der Waals surface area contributed by atoms with Gasteiger partial charge < -0.3 is 18.9 Å². The lowest BCUT2D eigenvalue weighted by atomic mass is 10.1. The number of hydrogen-bond donors (Lipinski definition) is 0. The second kappa shape index (κ2) is 8.73. The maximum absolute atomic E-state index is 13.1. The van der Waals surface area contributed by atoms with Crippen LogP contribution in [0, 0.1) is 0 Å². The molecular weight excluding hydrogens is 389 g/mol. The van der Waals surface area contributed by atoms with E-state index in [0.29, 0.717) is 17.9 Å². The molecule has 3 rings (SSSR count). The van der Waals surface area contributed by atoms with Crippen molar-refractivity contribution in [2.45, 2.75) is 31.7 Å². The molecule has 0 spiro atoms. The highest BCUT2D eigenvalue weighted by Gasteiger charge is 2.39. The minimum atomic E-state index is -4.49. The van der Waals surface area contributed by atoms with Crippen LogP contribution in [0.3, 0.4) is 0 Å². The second-order valence-electron chi connectivity index (χ2n) is 6.43. The Morgan fingerprint density at radius 3 is 2.55 bits per heavy atom. The Bertz CT molecular complexity index is 848. The van der Waals surface area contributed by atoms with Gasteiger partial charge in [0.15, 0.2) is 6.10 Å². The molecule has 0 aliphatic carbocycles. The molecule has 1 heterocycles. The zero-order chi connectivity index (χ0) is 21.0. The third-order valence-electron chi connectivity index (χ3n) is 4.55. The van der Waals surface area contributed by atoms with Crippen molar-refractivity contribution in [1.29, 1.82) is 0 Å². The third kappa shape index (κ3) is 4.82. The maximum Gasteiger partial charge on any atom is 0.419 e. The average molecular weight is 410 g/mol. The molecule has 0 fully saturated rings. The predicted octanol–water partition coefficient (Wildman–Crippen LogP) is 4.86. The third-order valence-corrected chi connectivity index (χ3v) is 4.55. The van der Waals surface area contributed by atoms with E-state index in [-0.39, 0.29) is 24.7 Å². The fourth-order valence-corrected chi connectivity index (χ4v) is 3.17. The van der Waals surface area contributed by atoms with Gasteiger partial charge in [-0.15, -0.1) is 0 Å². The first-order valence-electron chi connectivity index (χ1n) is 9.11. The smallest absolute Gasteiger partial charge is 0.419 e. The molecule has 0 radical (unpaired) electrons.